The van der Waals surface area contributed by atoms with Gasteiger partial charge in [-0.3, -0.25) is 9.79 Å². The molecule has 0 fully saturated rings. The molecule has 0 radical (unpaired) electrons. The van der Waals surface area contributed by atoms with Crippen LogP contribution in [0, 0.1) is 7.14 Å². The number of carbonyl (C=O) groups is 1. The quantitative estimate of drug-likeness (QED) is 0.476. The SMILES string of the molecule is Cl.O=C(c1ccc(I)c(I)c1)c1ccccc1C1=NCCN1. The van der Waals surface area contributed by atoms with Gasteiger partial charge in [0.25, 0.3) is 0 Å². The highest BCUT2D eigenvalue weighted by atomic mass is 127. The minimum atomic E-state index is 0. The first-order valence-electron chi connectivity index (χ1n) is 6.54. The van der Waals surface area contributed by atoms with Crippen LogP contribution in [0.15, 0.2) is 47.5 Å². The largest absolute Gasteiger partial charge is 0.368 e. The van der Waals surface area contributed by atoms with E-state index < -0.39 is 0 Å². The van der Waals surface area contributed by atoms with Crippen molar-refractivity contribution in [3.8, 4) is 0 Å². The van der Waals surface area contributed by atoms with Crippen LogP contribution in [0.5, 0.6) is 0 Å². The number of halogens is 3. The lowest BCUT2D eigenvalue weighted by atomic mass is 9.98. The molecule has 0 saturated heterocycles. The zero-order valence-electron chi connectivity index (χ0n) is 11.5. The molecular weight excluding hydrogens is 525 g/mol. The molecule has 2 aromatic carbocycles. The summed E-state index contributed by atoms with van der Waals surface area (Å²) >= 11 is 4.52. The van der Waals surface area contributed by atoms with Crippen molar-refractivity contribution < 1.29 is 4.79 Å². The number of rotatable bonds is 3. The molecule has 1 N–H and O–H groups in total. The Labute approximate surface area is 162 Å². The van der Waals surface area contributed by atoms with Gasteiger partial charge in [-0.2, -0.15) is 0 Å². The van der Waals surface area contributed by atoms with Gasteiger partial charge in [0.2, 0.25) is 0 Å². The van der Waals surface area contributed by atoms with E-state index in [0.717, 1.165) is 31.6 Å². The molecule has 114 valence electrons. The van der Waals surface area contributed by atoms with E-state index in [9.17, 15) is 4.79 Å². The van der Waals surface area contributed by atoms with Gasteiger partial charge in [-0.15, -0.1) is 12.4 Å². The summed E-state index contributed by atoms with van der Waals surface area (Å²) < 4.78 is 2.24. The van der Waals surface area contributed by atoms with Crippen LogP contribution in [-0.4, -0.2) is 24.7 Å². The minimum absolute atomic E-state index is 0. The molecule has 22 heavy (non-hydrogen) atoms. The van der Waals surface area contributed by atoms with Crippen molar-refractivity contribution in [3.05, 3.63) is 66.3 Å². The lowest BCUT2D eigenvalue weighted by Gasteiger charge is -2.10. The Morgan fingerprint density at radius 3 is 2.55 bits per heavy atom. The maximum Gasteiger partial charge on any atom is 0.193 e. The number of benzene rings is 2. The number of hydrogen-bond acceptors (Lipinski definition) is 3. The maximum absolute atomic E-state index is 12.8. The van der Waals surface area contributed by atoms with Crippen LogP contribution in [0.2, 0.25) is 0 Å². The fraction of sp³-hybridized carbons (Fsp3) is 0.125. The summed E-state index contributed by atoms with van der Waals surface area (Å²) in [4.78, 5) is 17.2. The summed E-state index contributed by atoms with van der Waals surface area (Å²) in [5.74, 6) is 0.857. The Hall–Kier alpha value is -0.670. The van der Waals surface area contributed by atoms with Gasteiger partial charge in [0.05, 0.1) is 6.54 Å². The summed E-state index contributed by atoms with van der Waals surface area (Å²) in [6.07, 6.45) is 0. The molecule has 0 aromatic heterocycles. The van der Waals surface area contributed by atoms with Crippen molar-refractivity contribution in [2.24, 2.45) is 4.99 Å². The number of nitrogens with one attached hydrogen (secondary N) is 1. The zero-order valence-corrected chi connectivity index (χ0v) is 16.6. The van der Waals surface area contributed by atoms with E-state index in [1.54, 1.807) is 0 Å². The highest BCUT2D eigenvalue weighted by Gasteiger charge is 2.18. The average Bonchev–Trinajstić information content (AvgIpc) is 3.03. The van der Waals surface area contributed by atoms with Gasteiger partial charge in [-0.05, 0) is 63.4 Å². The van der Waals surface area contributed by atoms with Crippen LogP contribution in [0.1, 0.15) is 21.5 Å². The Bertz CT molecular complexity index is 747. The molecule has 3 rings (SSSR count). The van der Waals surface area contributed by atoms with Crippen LogP contribution in [0.3, 0.4) is 0 Å². The molecule has 2 aromatic rings. The number of carbonyl (C=O) groups excluding carboxylic acids is 1. The molecule has 0 amide bonds. The van der Waals surface area contributed by atoms with Crippen molar-refractivity contribution >= 4 is 69.2 Å². The average molecular weight is 539 g/mol. The van der Waals surface area contributed by atoms with Crippen LogP contribution < -0.4 is 5.32 Å². The molecule has 6 heteroatoms. The number of nitrogens with zero attached hydrogens (tertiary/aromatic N) is 1. The topological polar surface area (TPSA) is 41.5 Å². The fourth-order valence-corrected chi connectivity index (χ4v) is 3.11. The van der Waals surface area contributed by atoms with Gasteiger partial charge in [-0.25, -0.2) is 0 Å². The zero-order chi connectivity index (χ0) is 14.8. The first-order valence-corrected chi connectivity index (χ1v) is 8.70. The van der Waals surface area contributed by atoms with E-state index in [2.05, 4.69) is 55.5 Å². The first-order chi connectivity index (χ1) is 10.2. The molecule has 0 atom stereocenters. The van der Waals surface area contributed by atoms with Crippen LogP contribution in [0.4, 0.5) is 0 Å². The van der Waals surface area contributed by atoms with Gasteiger partial charge in [0.1, 0.15) is 5.84 Å². The molecule has 1 aliphatic rings. The highest BCUT2D eigenvalue weighted by Crippen LogP contribution is 2.21. The maximum atomic E-state index is 12.8. The number of hydrogen-bond donors (Lipinski definition) is 1. The van der Waals surface area contributed by atoms with Gasteiger partial charge >= 0.3 is 0 Å². The summed E-state index contributed by atoms with van der Waals surface area (Å²) in [5.41, 5.74) is 2.29. The van der Waals surface area contributed by atoms with Gasteiger partial charge in [0.15, 0.2) is 5.78 Å². The van der Waals surface area contributed by atoms with Crippen LogP contribution in [-0.2, 0) is 0 Å². The third kappa shape index (κ3) is 3.62. The normalized spacial score (nSPS) is 13.1. The van der Waals surface area contributed by atoms with Crippen molar-refractivity contribution in [2.75, 3.05) is 13.1 Å². The van der Waals surface area contributed by atoms with Crippen LogP contribution in [0.25, 0.3) is 0 Å². The van der Waals surface area contributed by atoms with E-state index >= 15 is 0 Å². The molecule has 0 unspecified atom stereocenters. The number of amidine groups is 1. The standard InChI is InChI=1S/C16H12I2N2O.ClH/c17-13-6-5-10(9-14(13)18)15(21)11-3-1-2-4-12(11)16-19-7-8-20-16;/h1-6,9H,7-8H2,(H,19,20);1H. The molecule has 1 aliphatic heterocycles. The monoisotopic (exact) mass is 538 g/mol. The third-order valence-corrected chi connectivity index (χ3v) is 6.15. The summed E-state index contributed by atoms with van der Waals surface area (Å²) in [6, 6.07) is 13.4. The van der Waals surface area contributed by atoms with Crippen molar-refractivity contribution in [1.29, 1.82) is 0 Å². The number of ketones is 1. The molecular formula is C16H13ClI2N2O. The molecule has 0 aliphatic carbocycles. The Balaban J connectivity index is 0.00000176. The van der Waals surface area contributed by atoms with Crippen molar-refractivity contribution in [1.82, 2.24) is 5.32 Å². The number of aliphatic imine (C=N–C) groups is 1. The summed E-state index contributed by atoms with van der Waals surface area (Å²) in [5, 5.41) is 3.24. The molecule has 0 saturated carbocycles. The third-order valence-electron chi connectivity index (χ3n) is 3.28. The van der Waals surface area contributed by atoms with E-state index in [-0.39, 0.29) is 18.2 Å². The minimum Gasteiger partial charge on any atom is -0.368 e. The van der Waals surface area contributed by atoms with Gasteiger partial charge < -0.3 is 5.32 Å². The lowest BCUT2D eigenvalue weighted by Crippen LogP contribution is -2.22. The highest BCUT2D eigenvalue weighted by molar-refractivity contribution is 14.1. The van der Waals surface area contributed by atoms with Crippen molar-refractivity contribution in [3.63, 3.8) is 0 Å². The Morgan fingerprint density at radius 2 is 1.86 bits per heavy atom. The second kappa shape index (κ2) is 7.74. The predicted octanol–water partition coefficient (Wildman–Crippen LogP) is 3.90. The molecule has 0 bridgehead atoms. The molecule has 1 heterocycles. The molecule has 0 spiro atoms. The Kier molecular flexibility index (Phi) is 6.22. The fourth-order valence-electron chi connectivity index (χ4n) is 2.26. The van der Waals surface area contributed by atoms with Gasteiger partial charge in [0, 0.05) is 30.4 Å². The molecule has 3 nitrogen and oxygen atoms in total. The smallest absolute Gasteiger partial charge is 0.193 e. The lowest BCUT2D eigenvalue weighted by molar-refractivity contribution is 0.103. The van der Waals surface area contributed by atoms with E-state index in [1.165, 1.54) is 0 Å². The first kappa shape index (κ1) is 17.7. The van der Waals surface area contributed by atoms with E-state index in [4.69, 9.17) is 0 Å². The van der Waals surface area contributed by atoms with Crippen molar-refractivity contribution in [2.45, 2.75) is 0 Å². The van der Waals surface area contributed by atoms with Gasteiger partial charge in [-0.1, -0.05) is 24.3 Å². The second-order valence-corrected chi connectivity index (χ2v) is 6.99. The van der Waals surface area contributed by atoms with E-state index in [1.807, 2.05) is 42.5 Å². The van der Waals surface area contributed by atoms with E-state index in [0.29, 0.717) is 11.1 Å². The predicted molar refractivity (Wildman–Crippen MR) is 108 cm³/mol. The Morgan fingerprint density at radius 1 is 1.09 bits per heavy atom. The summed E-state index contributed by atoms with van der Waals surface area (Å²) in [7, 11) is 0. The summed E-state index contributed by atoms with van der Waals surface area (Å²) in [6.45, 7) is 1.60. The second-order valence-electron chi connectivity index (χ2n) is 4.66. The van der Waals surface area contributed by atoms with Crippen LogP contribution >= 0.6 is 57.6 Å².